The van der Waals surface area contributed by atoms with Crippen LogP contribution in [0.1, 0.15) is 38.2 Å². The maximum absolute atomic E-state index is 4.99. The van der Waals surface area contributed by atoms with Gasteiger partial charge >= 0.3 is 0 Å². The number of hydrogen-bond donors (Lipinski definition) is 1. The molecular weight excluding hydrogens is 254 g/mol. The van der Waals surface area contributed by atoms with Crippen molar-refractivity contribution in [1.82, 2.24) is 5.32 Å². The van der Waals surface area contributed by atoms with E-state index in [1.807, 2.05) is 11.8 Å². The summed E-state index contributed by atoms with van der Waals surface area (Å²) in [5.41, 5.74) is 1.42. The van der Waals surface area contributed by atoms with Crippen LogP contribution < -0.4 is 5.32 Å². The molecule has 0 aliphatic heterocycles. The first kappa shape index (κ1) is 16.5. The second kappa shape index (κ2) is 10.3. The van der Waals surface area contributed by atoms with Crippen LogP contribution in [0.5, 0.6) is 0 Å². The van der Waals surface area contributed by atoms with E-state index in [2.05, 4.69) is 43.4 Å². The summed E-state index contributed by atoms with van der Waals surface area (Å²) in [7, 11) is 1.74. The monoisotopic (exact) mass is 281 g/mol. The largest absolute Gasteiger partial charge is 0.383 e. The molecule has 0 atom stereocenters. The van der Waals surface area contributed by atoms with E-state index in [0.717, 1.165) is 19.7 Å². The molecule has 0 heterocycles. The smallest absolute Gasteiger partial charge is 0.0587 e. The topological polar surface area (TPSA) is 21.3 Å². The second-order valence-electron chi connectivity index (χ2n) is 5.02. The van der Waals surface area contributed by atoms with Crippen molar-refractivity contribution in [3.05, 3.63) is 29.8 Å². The Kier molecular flexibility index (Phi) is 8.97. The Morgan fingerprint density at radius 3 is 2.47 bits per heavy atom. The quantitative estimate of drug-likeness (QED) is 0.519. The van der Waals surface area contributed by atoms with Crippen molar-refractivity contribution in [3.8, 4) is 0 Å². The molecule has 2 nitrogen and oxygen atoms in total. The lowest BCUT2D eigenvalue weighted by atomic mass is 10.0. The summed E-state index contributed by atoms with van der Waals surface area (Å²) in [4.78, 5) is 1.39. The zero-order valence-electron chi connectivity index (χ0n) is 12.4. The molecule has 0 amide bonds. The molecule has 1 aromatic rings. The van der Waals surface area contributed by atoms with E-state index in [4.69, 9.17) is 4.74 Å². The highest BCUT2D eigenvalue weighted by Gasteiger charge is 1.99. The minimum atomic E-state index is 0.622. The first-order chi connectivity index (χ1) is 9.24. The Hall–Kier alpha value is -0.510. The molecule has 0 saturated carbocycles. The van der Waals surface area contributed by atoms with E-state index in [0.29, 0.717) is 5.92 Å². The van der Waals surface area contributed by atoms with Gasteiger partial charge in [-0.3, -0.25) is 0 Å². The molecule has 0 aliphatic carbocycles. The number of rotatable bonds is 10. The molecule has 1 rings (SSSR count). The Bertz CT molecular complexity index is 324. The van der Waals surface area contributed by atoms with Crippen LogP contribution in [0.3, 0.4) is 0 Å². The summed E-state index contributed by atoms with van der Waals surface area (Å²) in [6.45, 7) is 7.32. The van der Waals surface area contributed by atoms with Crippen LogP contribution in [0.2, 0.25) is 0 Å². The van der Waals surface area contributed by atoms with Crippen molar-refractivity contribution >= 4 is 11.8 Å². The second-order valence-corrected chi connectivity index (χ2v) is 6.19. The number of thioether (sulfide) groups is 1. The lowest BCUT2D eigenvalue weighted by Crippen LogP contribution is -2.20. The zero-order valence-corrected chi connectivity index (χ0v) is 13.3. The van der Waals surface area contributed by atoms with Gasteiger partial charge in [-0.25, -0.2) is 0 Å². The molecule has 1 aromatic carbocycles. The predicted octanol–water partition coefficient (Wildman–Crippen LogP) is 3.92. The zero-order chi connectivity index (χ0) is 13.9. The molecule has 19 heavy (non-hydrogen) atoms. The highest BCUT2D eigenvalue weighted by atomic mass is 32.2. The third kappa shape index (κ3) is 7.61. The van der Waals surface area contributed by atoms with Gasteiger partial charge in [0.1, 0.15) is 0 Å². The van der Waals surface area contributed by atoms with Gasteiger partial charge in [0, 0.05) is 18.6 Å². The number of nitrogens with one attached hydrogen (secondary N) is 1. The van der Waals surface area contributed by atoms with E-state index >= 15 is 0 Å². The number of ether oxygens (including phenoxy) is 1. The minimum absolute atomic E-state index is 0.622. The fourth-order valence-corrected chi connectivity index (χ4v) is 2.70. The van der Waals surface area contributed by atoms with Gasteiger partial charge in [0.15, 0.2) is 0 Å². The maximum Gasteiger partial charge on any atom is 0.0587 e. The molecule has 0 bridgehead atoms. The summed E-state index contributed by atoms with van der Waals surface area (Å²) in [5, 5.41) is 3.37. The van der Waals surface area contributed by atoms with Gasteiger partial charge in [0.05, 0.1) is 6.61 Å². The number of benzene rings is 1. The molecule has 0 fully saturated rings. The van der Waals surface area contributed by atoms with Crippen LogP contribution in [0.15, 0.2) is 29.2 Å². The van der Waals surface area contributed by atoms with Crippen LogP contribution in [-0.4, -0.2) is 32.6 Å². The maximum atomic E-state index is 4.99. The Morgan fingerprint density at radius 2 is 1.84 bits per heavy atom. The van der Waals surface area contributed by atoms with E-state index in [1.165, 1.54) is 29.1 Å². The van der Waals surface area contributed by atoms with Gasteiger partial charge in [-0.15, -0.1) is 11.8 Å². The molecule has 0 aromatic heterocycles. The van der Waals surface area contributed by atoms with Gasteiger partial charge in [-0.1, -0.05) is 26.0 Å². The molecule has 3 heteroatoms. The summed E-state index contributed by atoms with van der Waals surface area (Å²) >= 11 is 1.96. The summed E-state index contributed by atoms with van der Waals surface area (Å²) in [5.74, 6) is 1.82. The van der Waals surface area contributed by atoms with E-state index in [1.54, 1.807) is 7.11 Å². The standard InChI is InChI=1S/C16H27NOS/c1-14(2)15-6-8-16(9-7-15)19-13-5-4-10-17-11-12-18-3/h6-9,14,17H,4-5,10-13H2,1-3H3. The highest BCUT2D eigenvalue weighted by molar-refractivity contribution is 7.99. The van der Waals surface area contributed by atoms with Crippen LogP contribution in [0, 0.1) is 0 Å². The molecular formula is C16H27NOS. The van der Waals surface area contributed by atoms with Gasteiger partial charge in [0.25, 0.3) is 0 Å². The van der Waals surface area contributed by atoms with E-state index in [-0.39, 0.29) is 0 Å². The SMILES string of the molecule is COCCNCCCCSc1ccc(C(C)C)cc1. The molecule has 0 saturated heterocycles. The summed E-state index contributed by atoms with van der Waals surface area (Å²) in [6.07, 6.45) is 2.50. The van der Waals surface area contributed by atoms with Gasteiger partial charge in [0.2, 0.25) is 0 Å². The average Bonchev–Trinajstić information content (AvgIpc) is 2.42. The summed E-state index contributed by atoms with van der Waals surface area (Å²) < 4.78 is 4.99. The summed E-state index contributed by atoms with van der Waals surface area (Å²) in [6, 6.07) is 8.99. The first-order valence-corrected chi connectivity index (χ1v) is 8.15. The number of methoxy groups -OCH3 is 1. The van der Waals surface area contributed by atoms with Crippen LogP contribution >= 0.6 is 11.8 Å². The van der Waals surface area contributed by atoms with Crippen molar-refractivity contribution in [1.29, 1.82) is 0 Å². The molecule has 0 unspecified atom stereocenters. The lowest BCUT2D eigenvalue weighted by Gasteiger charge is -2.07. The third-order valence-corrected chi connectivity index (χ3v) is 4.14. The third-order valence-electron chi connectivity index (χ3n) is 3.05. The molecule has 0 radical (unpaired) electrons. The Labute approximate surface area is 122 Å². The minimum Gasteiger partial charge on any atom is -0.383 e. The van der Waals surface area contributed by atoms with Gasteiger partial charge < -0.3 is 10.1 Å². The van der Waals surface area contributed by atoms with Crippen molar-refractivity contribution in [2.75, 3.05) is 32.6 Å². The van der Waals surface area contributed by atoms with Crippen molar-refractivity contribution in [2.24, 2.45) is 0 Å². The predicted molar refractivity (Wildman–Crippen MR) is 85.2 cm³/mol. The van der Waals surface area contributed by atoms with Gasteiger partial charge in [-0.05, 0) is 48.8 Å². The van der Waals surface area contributed by atoms with E-state index in [9.17, 15) is 0 Å². The lowest BCUT2D eigenvalue weighted by molar-refractivity contribution is 0.199. The van der Waals surface area contributed by atoms with Gasteiger partial charge in [-0.2, -0.15) is 0 Å². The number of unbranched alkanes of at least 4 members (excludes halogenated alkanes) is 1. The number of hydrogen-bond acceptors (Lipinski definition) is 3. The first-order valence-electron chi connectivity index (χ1n) is 7.16. The Morgan fingerprint density at radius 1 is 1.11 bits per heavy atom. The molecule has 0 spiro atoms. The van der Waals surface area contributed by atoms with Crippen molar-refractivity contribution in [3.63, 3.8) is 0 Å². The Balaban J connectivity index is 2.06. The average molecular weight is 281 g/mol. The molecule has 1 N–H and O–H groups in total. The highest BCUT2D eigenvalue weighted by Crippen LogP contribution is 2.22. The van der Waals surface area contributed by atoms with Crippen LogP contribution in [-0.2, 0) is 4.74 Å². The van der Waals surface area contributed by atoms with Crippen molar-refractivity contribution < 1.29 is 4.74 Å². The van der Waals surface area contributed by atoms with E-state index < -0.39 is 0 Å². The van der Waals surface area contributed by atoms with Crippen LogP contribution in [0.25, 0.3) is 0 Å². The fraction of sp³-hybridized carbons (Fsp3) is 0.625. The van der Waals surface area contributed by atoms with Crippen molar-refractivity contribution in [2.45, 2.75) is 37.5 Å². The normalized spacial score (nSPS) is 11.2. The molecule has 108 valence electrons. The van der Waals surface area contributed by atoms with Crippen LogP contribution in [0.4, 0.5) is 0 Å². The fourth-order valence-electron chi connectivity index (χ4n) is 1.79. The molecule has 0 aliphatic rings.